The van der Waals surface area contributed by atoms with Crippen LogP contribution in [-0.4, -0.2) is 51.5 Å². The number of halogens is 1. The Balaban J connectivity index is 1.43. The molecule has 1 fully saturated rings. The lowest BCUT2D eigenvalue weighted by atomic mass is 10.1. The van der Waals surface area contributed by atoms with Crippen LogP contribution in [0.5, 0.6) is 0 Å². The molecule has 2 aromatic heterocycles. The van der Waals surface area contributed by atoms with Gasteiger partial charge in [0.25, 0.3) is 0 Å². The Morgan fingerprint density at radius 1 is 1.06 bits per heavy atom. The first-order chi connectivity index (χ1) is 17.4. The van der Waals surface area contributed by atoms with Crippen LogP contribution in [0, 0.1) is 4.64 Å². The Labute approximate surface area is 209 Å². The summed E-state index contributed by atoms with van der Waals surface area (Å²) in [6.45, 7) is -0.337. The average molecular weight is 509 g/mol. The topological polar surface area (TPSA) is 121 Å². The monoisotopic (exact) mass is 508 g/mol. The highest BCUT2D eigenvalue weighted by atomic mass is 32.1. The highest BCUT2D eigenvalue weighted by molar-refractivity contribution is 7.71. The molecule has 1 saturated heterocycles. The van der Waals surface area contributed by atoms with Gasteiger partial charge in [-0.2, -0.15) is 0 Å². The molecule has 0 saturated carbocycles. The van der Waals surface area contributed by atoms with Crippen molar-refractivity contribution in [3.63, 3.8) is 0 Å². The Kier molecular flexibility index (Phi) is 6.49. The standard InChI is InChI=1S/C25H21FN4O5S/c26-18-19(35-24(32)15-9-5-2-6-10-15)17(13-33-23(31)14-7-3-1-4-8-14)34-22(18)30-12-11-16-20(30)28-25(27)29-21(16)36/h1-12,17-19,22H,13H2,(H3,27,28,29,36)/t17-,18+,19-,22-/m1/s1. The number of hydrogen-bond acceptors (Lipinski definition) is 8. The number of aromatic amines is 1. The molecule has 9 nitrogen and oxygen atoms in total. The van der Waals surface area contributed by atoms with E-state index in [1.165, 1.54) is 4.57 Å². The number of ether oxygens (including phenoxy) is 3. The number of H-pyrrole nitrogens is 1. The summed E-state index contributed by atoms with van der Waals surface area (Å²) in [5, 5.41) is 0.548. The Bertz CT molecular complexity index is 1460. The Morgan fingerprint density at radius 2 is 1.69 bits per heavy atom. The van der Waals surface area contributed by atoms with E-state index in [0.717, 1.165) is 0 Å². The predicted octanol–water partition coefficient (Wildman–Crippen LogP) is 3.99. The highest BCUT2D eigenvalue weighted by Gasteiger charge is 2.49. The number of esters is 2. The van der Waals surface area contributed by atoms with Crippen LogP contribution in [0.3, 0.4) is 0 Å². The van der Waals surface area contributed by atoms with Crippen LogP contribution in [0.1, 0.15) is 26.9 Å². The van der Waals surface area contributed by atoms with Crippen LogP contribution in [0.15, 0.2) is 72.9 Å². The Morgan fingerprint density at radius 3 is 2.36 bits per heavy atom. The molecule has 3 N–H and O–H groups in total. The number of nitrogens with two attached hydrogens (primary N) is 1. The van der Waals surface area contributed by atoms with Gasteiger partial charge in [0.2, 0.25) is 0 Å². The number of hydrogen-bond donors (Lipinski definition) is 2. The van der Waals surface area contributed by atoms with Gasteiger partial charge in [0.05, 0.1) is 16.5 Å². The van der Waals surface area contributed by atoms with Crippen molar-refractivity contribution < 1.29 is 28.2 Å². The fraction of sp³-hybridized carbons (Fsp3) is 0.200. The zero-order chi connectivity index (χ0) is 25.2. The number of aromatic nitrogens is 3. The van der Waals surface area contributed by atoms with Crippen LogP contribution in [0.2, 0.25) is 0 Å². The molecule has 4 aromatic rings. The number of benzene rings is 2. The number of nitrogen functional groups attached to an aromatic ring is 1. The average Bonchev–Trinajstić information content (AvgIpc) is 3.44. The van der Waals surface area contributed by atoms with Crippen molar-refractivity contribution in [1.29, 1.82) is 0 Å². The number of alkyl halides is 1. The number of carbonyl (C=O) groups is 2. The summed E-state index contributed by atoms with van der Waals surface area (Å²) < 4.78 is 34.5. The van der Waals surface area contributed by atoms with E-state index < -0.39 is 36.5 Å². The van der Waals surface area contributed by atoms with Crippen LogP contribution < -0.4 is 5.73 Å². The first-order valence-corrected chi connectivity index (χ1v) is 11.5. The van der Waals surface area contributed by atoms with Gasteiger partial charge < -0.3 is 29.5 Å². The van der Waals surface area contributed by atoms with Gasteiger partial charge in [-0.05, 0) is 30.3 Å². The highest BCUT2D eigenvalue weighted by Crippen LogP contribution is 2.36. The smallest absolute Gasteiger partial charge is 0.338 e. The minimum absolute atomic E-state index is 0.0567. The zero-order valence-electron chi connectivity index (χ0n) is 18.7. The first-order valence-electron chi connectivity index (χ1n) is 11.1. The van der Waals surface area contributed by atoms with Crippen molar-refractivity contribution in [2.24, 2.45) is 0 Å². The molecule has 1 aliphatic rings. The van der Waals surface area contributed by atoms with E-state index >= 15 is 4.39 Å². The summed E-state index contributed by atoms with van der Waals surface area (Å²) in [6, 6.07) is 18.2. The third-order valence-electron chi connectivity index (χ3n) is 5.80. The maximum absolute atomic E-state index is 15.9. The van der Waals surface area contributed by atoms with Gasteiger partial charge in [-0.25, -0.2) is 19.0 Å². The van der Waals surface area contributed by atoms with E-state index in [0.29, 0.717) is 16.6 Å². The van der Waals surface area contributed by atoms with E-state index in [1.807, 2.05) is 0 Å². The van der Waals surface area contributed by atoms with Gasteiger partial charge in [-0.3, -0.25) is 0 Å². The fourth-order valence-electron chi connectivity index (χ4n) is 4.06. The van der Waals surface area contributed by atoms with Crippen molar-refractivity contribution in [3.8, 4) is 0 Å². The summed E-state index contributed by atoms with van der Waals surface area (Å²) >= 11 is 5.25. The van der Waals surface area contributed by atoms with Crippen molar-refractivity contribution >= 4 is 41.1 Å². The van der Waals surface area contributed by atoms with Crippen molar-refractivity contribution in [2.45, 2.75) is 24.6 Å². The maximum atomic E-state index is 15.9. The Hall–Kier alpha value is -4.09. The molecule has 0 amide bonds. The molecule has 1 aliphatic heterocycles. The molecule has 36 heavy (non-hydrogen) atoms. The third kappa shape index (κ3) is 4.58. The number of nitrogens with zero attached hydrogens (tertiary/aromatic N) is 2. The van der Waals surface area contributed by atoms with E-state index in [1.54, 1.807) is 72.9 Å². The third-order valence-corrected chi connectivity index (χ3v) is 6.11. The second kappa shape index (κ2) is 9.88. The van der Waals surface area contributed by atoms with Crippen LogP contribution in [0.25, 0.3) is 11.0 Å². The molecule has 2 aromatic carbocycles. The van der Waals surface area contributed by atoms with E-state index in [9.17, 15) is 9.59 Å². The second-order valence-corrected chi connectivity index (χ2v) is 8.51. The van der Waals surface area contributed by atoms with Gasteiger partial charge in [0, 0.05) is 6.20 Å². The molecular formula is C25H21FN4O5S. The molecule has 0 unspecified atom stereocenters. The molecule has 184 valence electrons. The molecule has 11 heteroatoms. The van der Waals surface area contributed by atoms with Crippen molar-refractivity contribution in [1.82, 2.24) is 14.5 Å². The molecule has 3 heterocycles. The lowest BCUT2D eigenvalue weighted by molar-refractivity contribution is -0.0568. The predicted molar refractivity (Wildman–Crippen MR) is 131 cm³/mol. The summed E-state index contributed by atoms with van der Waals surface area (Å²) in [5.41, 5.74) is 6.78. The molecule has 0 aliphatic carbocycles. The van der Waals surface area contributed by atoms with Gasteiger partial charge in [0.1, 0.15) is 23.0 Å². The second-order valence-electron chi connectivity index (χ2n) is 8.12. The minimum Gasteiger partial charge on any atom is -0.459 e. The van der Waals surface area contributed by atoms with E-state index in [2.05, 4.69) is 9.97 Å². The van der Waals surface area contributed by atoms with Crippen molar-refractivity contribution in [3.05, 3.63) is 88.7 Å². The van der Waals surface area contributed by atoms with Crippen LogP contribution >= 0.6 is 12.2 Å². The minimum atomic E-state index is -1.80. The number of nitrogens with one attached hydrogen (secondary N) is 1. The number of anilines is 1. The molecule has 0 bridgehead atoms. The van der Waals surface area contributed by atoms with E-state index in [-0.39, 0.29) is 22.8 Å². The summed E-state index contributed by atoms with van der Waals surface area (Å²) in [4.78, 5) is 32.1. The SMILES string of the molecule is Nc1nc(=S)c2ccn([C@@H]3O[C@H](COC(=O)c4ccccc4)[C@@H](OC(=O)c4ccccc4)[C@@H]3F)c2[nH]1. The fourth-order valence-corrected chi connectivity index (χ4v) is 4.32. The molecule has 0 radical (unpaired) electrons. The zero-order valence-corrected chi connectivity index (χ0v) is 19.6. The van der Waals surface area contributed by atoms with Crippen LogP contribution in [0.4, 0.5) is 10.3 Å². The van der Waals surface area contributed by atoms with Gasteiger partial charge in [-0.15, -0.1) is 0 Å². The lowest BCUT2D eigenvalue weighted by Crippen LogP contribution is -2.37. The van der Waals surface area contributed by atoms with Crippen molar-refractivity contribution in [2.75, 3.05) is 12.3 Å². The number of carbonyl (C=O) groups excluding carboxylic acids is 2. The first kappa shape index (κ1) is 23.6. The summed E-state index contributed by atoms with van der Waals surface area (Å²) in [7, 11) is 0. The van der Waals surface area contributed by atoms with E-state index in [4.69, 9.17) is 32.2 Å². The summed E-state index contributed by atoms with van der Waals surface area (Å²) in [5.74, 6) is -1.28. The maximum Gasteiger partial charge on any atom is 0.338 e. The normalized spacial score (nSPS) is 21.4. The molecule has 5 rings (SSSR count). The van der Waals surface area contributed by atoms with Gasteiger partial charge in [-0.1, -0.05) is 48.6 Å². The van der Waals surface area contributed by atoms with Gasteiger partial charge in [0.15, 0.2) is 24.5 Å². The molecule has 4 atom stereocenters. The number of fused-ring (bicyclic) bond motifs is 1. The van der Waals surface area contributed by atoms with Gasteiger partial charge >= 0.3 is 11.9 Å². The molecular weight excluding hydrogens is 487 g/mol. The quantitative estimate of drug-likeness (QED) is 0.296. The summed E-state index contributed by atoms with van der Waals surface area (Å²) in [6.07, 6.45) is -3.88. The van der Waals surface area contributed by atoms with Crippen LogP contribution in [-0.2, 0) is 14.2 Å². The number of rotatable bonds is 6. The lowest BCUT2D eigenvalue weighted by Gasteiger charge is -2.19. The largest absolute Gasteiger partial charge is 0.459 e. The molecule has 0 spiro atoms.